The second-order valence-corrected chi connectivity index (χ2v) is 5.61. The number of hydrogen-bond acceptors (Lipinski definition) is 5. The summed E-state index contributed by atoms with van der Waals surface area (Å²) < 4.78 is 5.54. The Labute approximate surface area is 137 Å². The summed E-state index contributed by atoms with van der Waals surface area (Å²) in [6.07, 6.45) is 1.60. The number of benzene rings is 1. The van der Waals surface area contributed by atoms with Gasteiger partial charge in [-0.05, 0) is 30.7 Å². The highest BCUT2D eigenvalue weighted by atomic mass is 16.4. The number of aromatic nitrogens is 1. The minimum atomic E-state index is -0.653. The summed E-state index contributed by atoms with van der Waals surface area (Å²) in [5, 5.41) is 11.0. The molecule has 0 bridgehead atoms. The van der Waals surface area contributed by atoms with Crippen LogP contribution in [0.5, 0.6) is 5.75 Å². The first-order chi connectivity index (χ1) is 11.5. The standard InChI is InChI=1S/C18H16N2O4/c1-10-7-15(21)17(23)18(24-10)13(9-16(19)22)11-4-5-14-12(8-11)3-2-6-20-14/h2-8,13,23H,9H2,1H3,(H2,19,22)/t13-/m1/s1. The van der Waals surface area contributed by atoms with Crippen molar-refractivity contribution in [2.75, 3.05) is 0 Å². The van der Waals surface area contributed by atoms with Gasteiger partial charge in [0, 0.05) is 24.1 Å². The van der Waals surface area contributed by atoms with Gasteiger partial charge in [-0.1, -0.05) is 12.1 Å². The van der Waals surface area contributed by atoms with Gasteiger partial charge in [-0.3, -0.25) is 14.6 Å². The molecule has 1 atom stereocenters. The van der Waals surface area contributed by atoms with Crippen molar-refractivity contribution in [3.63, 3.8) is 0 Å². The number of amides is 1. The fourth-order valence-electron chi connectivity index (χ4n) is 2.74. The topological polar surface area (TPSA) is 106 Å². The molecule has 0 fully saturated rings. The van der Waals surface area contributed by atoms with Gasteiger partial charge in [0.2, 0.25) is 17.1 Å². The molecule has 2 heterocycles. The van der Waals surface area contributed by atoms with E-state index in [0.29, 0.717) is 11.3 Å². The van der Waals surface area contributed by atoms with Crippen molar-refractivity contribution >= 4 is 16.8 Å². The van der Waals surface area contributed by atoms with E-state index >= 15 is 0 Å². The number of rotatable bonds is 4. The Morgan fingerprint density at radius 2 is 2.12 bits per heavy atom. The summed E-state index contributed by atoms with van der Waals surface area (Å²) >= 11 is 0. The molecular formula is C18H16N2O4. The second-order valence-electron chi connectivity index (χ2n) is 5.61. The predicted octanol–water partition coefficient (Wildman–Crippen LogP) is 2.21. The van der Waals surface area contributed by atoms with E-state index in [2.05, 4.69) is 4.98 Å². The molecule has 2 aromatic heterocycles. The molecule has 0 aliphatic rings. The molecule has 0 aliphatic carbocycles. The zero-order valence-electron chi connectivity index (χ0n) is 13.0. The van der Waals surface area contributed by atoms with E-state index < -0.39 is 23.0 Å². The number of carbonyl (C=O) groups is 1. The summed E-state index contributed by atoms with van der Waals surface area (Å²) in [6, 6.07) is 10.3. The van der Waals surface area contributed by atoms with E-state index in [1.807, 2.05) is 18.2 Å². The Bertz CT molecular complexity index is 978. The van der Waals surface area contributed by atoms with Crippen LogP contribution in [0.15, 0.2) is 51.8 Å². The number of pyridine rings is 1. The minimum absolute atomic E-state index is 0.0436. The van der Waals surface area contributed by atoms with Gasteiger partial charge in [0.05, 0.1) is 11.4 Å². The maximum absolute atomic E-state index is 11.9. The van der Waals surface area contributed by atoms with Crippen LogP contribution in [-0.2, 0) is 4.79 Å². The van der Waals surface area contributed by atoms with Crippen molar-refractivity contribution in [3.8, 4) is 5.75 Å². The van der Waals surface area contributed by atoms with Crippen molar-refractivity contribution < 1.29 is 14.3 Å². The maximum atomic E-state index is 11.9. The number of primary amides is 1. The Balaban J connectivity index is 2.19. The number of hydrogen-bond donors (Lipinski definition) is 2. The van der Waals surface area contributed by atoms with Gasteiger partial charge in [-0.15, -0.1) is 0 Å². The van der Waals surface area contributed by atoms with E-state index in [1.165, 1.54) is 6.07 Å². The Kier molecular flexibility index (Phi) is 4.04. The molecule has 0 radical (unpaired) electrons. The number of fused-ring (bicyclic) bond motifs is 1. The van der Waals surface area contributed by atoms with Crippen molar-refractivity contribution in [1.29, 1.82) is 0 Å². The molecule has 0 unspecified atom stereocenters. The third kappa shape index (κ3) is 2.99. The van der Waals surface area contributed by atoms with Gasteiger partial charge in [0.1, 0.15) is 5.76 Å². The molecule has 6 nitrogen and oxygen atoms in total. The summed E-state index contributed by atoms with van der Waals surface area (Å²) in [7, 11) is 0. The van der Waals surface area contributed by atoms with Gasteiger partial charge >= 0.3 is 0 Å². The van der Waals surface area contributed by atoms with Crippen LogP contribution in [0.3, 0.4) is 0 Å². The van der Waals surface area contributed by atoms with E-state index in [9.17, 15) is 14.7 Å². The normalized spacial score (nSPS) is 12.2. The number of aryl methyl sites for hydroxylation is 1. The molecule has 0 saturated heterocycles. The molecular weight excluding hydrogens is 308 g/mol. The summed E-state index contributed by atoms with van der Waals surface area (Å²) in [5.41, 5.74) is 6.31. The third-order valence-electron chi connectivity index (χ3n) is 3.82. The SMILES string of the molecule is Cc1cc(=O)c(O)c([C@H](CC(N)=O)c2ccc3ncccc3c2)o1. The molecule has 0 saturated carbocycles. The number of nitrogens with zero attached hydrogens (tertiary/aromatic N) is 1. The maximum Gasteiger partial charge on any atom is 0.227 e. The third-order valence-corrected chi connectivity index (χ3v) is 3.82. The molecule has 24 heavy (non-hydrogen) atoms. The fraction of sp³-hybridized carbons (Fsp3) is 0.167. The van der Waals surface area contributed by atoms with Gasteiger partial charge < -0.3 is 15.3 Å². The van der Waals surface area contributed by atoms with Crippen LogP contribution in [0.25, 0.3) is 10.9 Å². The molecule has 0 aliphatic heterocycles. The van der Waals surface area contributed by atoms with Gasteiger partial charge in [0.15, 0.2) is 5.76 Å². The van der Waals surface area contributed by atoms with Gasteiger partial charge in [-0.2, -0.15) is 0 Å². The second kappa shape index (κ2) is 6.16. The van der Waals surface area contributed by atoms with Crippen LogP contribution < -0.4 is 11.2 Å². The molecule has 3 N–H and O–H groups in total. The highest BCUT2D eigenvalue weighted by molar-refractivity contribution is 5.80. The Morgan fingerprint density at radius 1 is 1.33 bits per heavy atom. The van der Waals surface area contributed by atoms with Crippen LogP contribution in [0, 0.1) is 6.92 Å². The summed E-state index contributed by atoms with van der Waals surface area (Å²) in [6.45, 7) is 1.61. The first kappa shape index (κ1) is 15.7. The van der Waals surface area contributed by atoms with Crippen molar-refractivity contribution in [3.05, 3.63) is 69.9 Å². The highest BCUT2D eigenvalue weighted by Gasteiger charge is 2.25. The molecule has 1 amide bonds. The molecule has 3 aromatic rings. The monoisotopic (exact) mass is 324 g/mol. The minimum Gasteiger partial charge on any atom is -0.502 e. The smallest absolute Gasteiger partial charge is 0.227 e. The van der Waals surface area contributed by atoms with Crippen LogP contribution >= 0.6 is 0 Å². The first-order valence-corrected chi connectivity index (χ1v) is 7.42. The van der Waals surface area contributed by atoms with Crippen molar-refractivity contribution in [2.45, 2.75) is 19.3 Å². The van der Waals surface area contributed by atoms with Crippen molar-refractivity contribution in [2.24, 2.45) is 5.73 Å². The lowest BCUT2D eigenvalue weighted by Gasteiger charge is -2.17. The predicted molar refractivity (Wildman–Crippen MR) is 88.8 cm³/mol. The van der Waals surface area contributed by atoms with Crippen LogP contribution in [0.2, 0.25) is 0 Å². The van der Waals surface area contributed by atoms with E-state index in [1.54, 1.807) is 25.3 Å². The zero-order valence-corrected chi connectivity index (χ0v) is 13.0. The summed E-state index contributed by atoms with van der Waals surface area (Å²) in [4.78, 5) is 27.6. The number of nitrogens with two attached hydrogens (primary N) is 1. The van der Waals surface area contributed by atoms with E-state index in [0.717, 1.165) is 10.9 Å². The van der Waals surface area contributed by atoms with Crippen molar-refractivity contribution in [1.82, 2.24) is 4.98 Å². The van der Waals surface area contributed by atoms with Crippen LogP contribution in [0.1, 0.15) is 29.4 Å². The molecule has 3 rings (SSSR count). The van der Waals surface area contributed by atoms with Gasteiger partial charge in [-0.25, -0.2) is 0 Å². The van der Waals surface area contributed by atoms with Crippen LogP contribution in [0.4, 0.5) is 0 Å². The number of aromatic hydroxyl groups is 1. The fourth-order valence-corrected chi connectivity index (χ4v) is 2.74. The van der Waals surface area contributed by atoms with E-state index in [4.69, 9.17) is 10.2 Å². The quantitative estimate of drug-likeness (QED) is 0.765. The lowest BCUT2D eigenvalue weighted by Crippen LogP contribution is -2.17. The average molecular weight is 324 g/mol. The Hall–Kier alpha value is -3.15. The summed E-state index contributed by atoms with van der Waals surface area (Å²) in [5.74, 6) is -1.32. The van der Waals surface area contributed by atoms with Crippen LogP contribution in [-0.4, -0.2) is 16.0 Å². The van der Waals surface area contributed by atoms with Gasteiger partial charge in [0.25, 0.3) is 0 Å². The average Bonchev–Trinajstić information content (AvgIpc) is 2.55. The number of carbonyl (C=O) groups excluding carboxylic acids is 1. The lowest BCUT2D eigenvalue weighted by molar-refractivity contribution is -0.118. The molecule has 122 valence electrons. The molecule has 1 aromatic carbocycles. The van der Waals surface area contributed by atoms with E-state index in [-0.39, 0.29) is 12.2 Å². The highest BCUT2D eigenvalue weighted by Crippen LogP contribution is 2.33. The Morgan fingerprint density at radius 3 is 2.88 bits per heavy atom. The molecule has 6 heteroatoms. The lowest BCUT2D eigenvalue weighted by atomic mass is 9.91. The first-order valence-electron chi connectivity index (χ1n) is 7.42. The largest absolute Gasteiger partial charge is 0.502 e. The molecule has 0 spiro atoms. The zero-order chi connectivity index (χ0) is 17.3.